The number of piperazine rings is 1. The first-order valence-electron chi connectivity index (χ1n) is 9.55. The van der Waals surface area contributed by atoms with E-state index in [-0.39, 0.29) is 5.91 Å². The Kier molecular flexibility index (Phi) is 5.51. The number of carbonyl (C=O) groups is 1. The van der Waals surface area contributed by atoms with Gasteiger partial charge in [0.25, 0.3) is 0 Å². The highest BCUT2D eigenvalue weighted by atomic mass is 35.5. The molecular weight excluding hydrogens is 392 g/mol. The number of amides is 1. The monoisotopic (exact) mass is 414 g/mol. The zero-order valence-corrected chi connectivity index (χ0v) is 17.6. The summed E-state index contributed by atoms with van der Waals surface area (Å²) in [5, 5.41) is 3.68. The molecule has 1 saturated heterocycles. The number of hydrogen-bond acceptors (Lipinski definition) is 5. The first kappa shape index (κ1) is 19.2. The van der Waals surface area contributed by atoms with Crippen molar-refractivity contribution in [2.75, 3.05) is 31.1 Å². The predicted octanol–water partition coefficient (Wildman–Crippen LogP) is 4.71. The number of anilines is 1. The van der Waals surface area contributed by atoms with Crippen LogP contribution in [0.4, 0.5) is 5.82 Å². The summed E-state index contributed by atoms with van der Waals surface area (Å²) < 4.78 is 0. The van der Waals surface area contributed by atoms with E-state index >= 15 is 0 Å². The molecule has 0 unspecified atom stereocenters. The van der Waals surface area contributed by atoms with Gasteiger partial charge in [-0.05, 0) is 35.6 Å². The molecule has 0 radical (unpaired) electrons. The Labute approximate surface area is 174 Å². The minimum Gasteiger partial charge on any atom is -0.352 e. The average Bonchev–Trinajstić information content (AvgIpc) is 3.21. The van der Waals surface area contributed by atoms with Crippen LogP contribution in [0.5, 0.6) is 0 Å². The van der Waals surface area contributed by atoms with E-state index in [1.54, 1.807) is 11.3 Å². The predicted molar refractivity (Wildman–Crippen MR) is 116 cm³/mol. The van der Waals surface area contributed by atoms with Gasteiger partial charge in [0, 0.05) is 43.0 Å². The number of halogens is 1. The summed E-state index contributed by atoms with van der Waals surface area (Å²) in [5.41, 5.74) is 0.846. The van der Waals surface area contributed by atoms with Crippen molar-refractivity contribution in [1.29, 1.82) is 0 Å². The highest BCUT2D eigenvalue weighted by Gasteiger charge is 2.24. The molecule has 3 heterocycles. The molecule has 0 aliphatic carbocycles. The summed E-state index contributed by atoms with van der Waals surface area (Å²) >= 11 is 7.84. The third-order valence-electron chi connectivity index (χ3n) is 4.90. The number of thiophene rings is 1. The van der Waals surface area contributed by atoms with E-state index < -0.39 is 0 Å². The number of benzene rings is 1. The maximum atomic E-state index is 12.4. The zero-order valence-electron chi connectivity index (χ0n) is 16.1. The van der Waals surface area contributed by atoms with E-state index in [0.717, 1.165) is 53.6 Å². The number of rotatable bonds is 4. The van der Waals surface area contributed by atoms with Gasteiger partial charge >= 0.3 is 0 Å². The molecule has 0 spiro atoms. The SMILES string of the molecule is CC(C)CC(=O)N1CCN(c2nc(-c3cccs3)nc3cc(Cl)ccc23)CC1. The number of hydrogen-bond donors (Lipinski definition) is 0. The van der Waals surface area contributed by atoms with Crippen LogP contribution in [-0.2, 0) is 4.79 Å². The van der Waals surface area contributed by atoms with Gasteiger partial charge in [-0.3, -0.25) is 4.79 Å². The second-order valence-electron chi connectivity index (χ2n) is 7.48. The van der Waals surface area contributed by atoms with Gasteiger partial charge in [0.05, 0.1) is 10.4 Å². The fourth-order valence-corrected chi connectivity index (χ4v) is 4.31. The number of aromatic nitrogens is 2. The third-order valence-corrected chi connectivity index (χ3v) is 6.00. The lowest BCUT2D eigenvalue weighted by Crippen LogP contribution is -2.49. The molecule has 1 aliphatic rings. The van der Waals surface area contributed by atoms with Gasteiger partial charge in [-0.15, -0.1) is 11.3 Å². The number of carbonyl (C=O) groups excluding carboxylic acids is 1. The van der Waals surface area contributed by atoms with Crippen LogP contribution < -0.4 is 4.90 Å². The van der Waals surface area contributed by atoms with Gasteiger partial charge in [0.15, 0.2) is 5.82 Å². The quantitative estimate of drug-likeness (QED) is 0.620. The topological polar surface area (TPSA) is 49.3 Å². The van der Waals surface area contributed by atoms with Crippen molar-refractivity contribution >= 4 is 45.6 Å². The maximum Gasteiger partial charge on any atom is 0.222 e. The summed E-state index contributed by atoms with van der Waals surface area (Å²) in [6.07, 6.45) is 0.609. The zero-order chi connectivity index (χ0) is 19.7. The van der Waals surface area contributed by atoms with Gasteiger partial charge in [-0.1, -0.05) is 31.5 Å². The molecule has 0 saturated carbocycles. The molecule has 2 aromatic heterocycles. The average molecular weight is 415 g/mol. The normalized spacial score (nSPS) is 14.9. The van der Waals surface area contributed by atoms with E-state index in [9.17, 15) is 4.79 Å². The van der Waals surface area contributed by atoms with E-state index in [1.807, 2.05) is 40.6 Å². The molecule has 0 atom stereocenters. The minimum atomic E-state index is 0.244. The molecule has 0 N–H and O–H groups in total. The largest absolute Gasteiger partial charge is 0.352 e. The fraction of sp³-hybridized carbons (Fsp3) is 0.381. The molecule has 7 heteroatoms. The molecule has 1 fully saturated rings. The molecule has 1 aliphatic heterocycles. The van der Waals surface area contributed by atoms with Crippen molar-refractivity contribution in [3.05, 3.63) is 40.7 Å². The summed E-state index contributed by atoms with van der Waals surface area (Å²) in [4.78, 5) is 27.3. The van der Waals surface area contributed by atoms with Crippen molar-refractivity contribution in [2.45, 2.75) is 20.3 Å². The molecule has 3 aromatic rings. The van der Waals surface area contributed by atoms with Crippen molar-refractivity contribution in [2.24, 2.45) is 5.92 Å². The van der Waals surface area contributed by atoms with Crippen LogP contribution in [0.2, 0.25) is 5.02 Å². The Morgan fingerprint density at radius 3 is 2.64 bits per heavy atom. The van der Waals surface area contributed by atoms with Crippen molar-refractivity contribution in [3.63, 3.8) is 0 Å². The van der Waals surface area contributed by atoms with Gasteiger partial charge < -0.3 is 9.80 Å². The first-order chi connectivity index (χ1) is 13.5. The molecule has 1 aromatic carbocycles. The van der Waals surface area contributed by atoms with Crippen molar-refractivity contribution in [1.82, 2.24) is 14.9 Å². The summed E-state index contributed by atoms with van der Waals surface area (Å²) in [7, 11) is 0. The Morgan fingerprint density at radius 1 is 1.18 bits per heavy atom. The van der Waals surface area contributed by atoms with E-state index in [4.69, 9.17) is 21.6 Å². The second-order valence-corrected chi connectivity index (χ2v) is 8.86. The van der Waals surface area contributed by atoms with Crippen LogP contribution in [0.1, 0.15) is 20.3 Å². The Hall–Kier alpha value is -2.18. The Bertz CT molecular complexity index is 981. The Balaban J connectivity index is 1.64. The third kappa shape index (κ3) is 3.98. The fourth-order valence-electron chi connectivity index (χ4n) is 3.49. The lowest BCUT2D eigenvalue weighted by Gasteiger charge is -2.36. The lowest BCUT2D eigenvalue weighted by atomic mass is 10.1. The van der Waals surface area contributed by atoms with Gasteiger partial charge in [0.1, 0.15) is 5.82 Å². The second kappa shape index (κ2) is 8.05. The smallest absolute Gasteiger partial charge is 0.222 e. The summed E-state index contributed by atoms with van der Waals surface area (Å²) in [6.45, 7) is 7.14. The van der Waals surface area contributed by atoms with E-state index in [1.165, 1.54) is 0 Å². The maximum absolute atomic E-state index is 12.4. The van der Waals surface area contributed by atoms with Crippen LogP contribution in [-0.4, -0.2) is 47.0 Å². The van der Waals surface area contributed by atoms with Crippen LogP contribution in [0.25, 0.3) is 21.6 Å². The van der Waals surface area contributed by atoms with Crippen LogP contribution in [0.15, 0.2) is 35.7 Å². The van der Waals surface area contributed by atoms with Crippen LogP contribution >= 0.6 is 22.9 Å². The molecule has 28 heavy (non-hydrogen) atoms. The van der Waals surface area contributed by atoms with Gasteiger partial charge in [0.2, 0.25) is 5.91 Å². The summed E-state index contributed by atoms with van der Waals surface area (Å²) in [5.74, 6) is 2.27. The van der Waals surface area contributed by atoms with Crippen LogP contribution in [0, 0.1) is 5.92 Å². The van der Waals surface area contributed by atoms with Gasteiger partial charge in [-0.2, -0.15) is 0 Å². The van der Waals surface area contributed by atoms with Crippen molar-refractivity contribution < 1.29 is 4.79 Å². The molecule has 0 bridgehead atoms. The standard InChI is InChI=1S/C21H23ClN4OS/c1-14(2)12-19(27)25-7-9-26(10-8-25)21-16-6-5-15(22)13-17(16)23-20(24-21)18-4-3-11-28-18/h3-6,11,13-14H,7-10,12H2,1-2H3. The molecule has 4 rings (SSSR count). The highest BCUT2D eigenvalue weighted by Crippen LogP contribution is 2.31. The highest BCUT2D eigenvalue weighted by molar-refractivity contribution is 7.13. The summed E-state index contributed by atoms with van der Waals surface area (Å²) in [6, 6.07) is 9.79. The van der Waals surface area contributed by atoms with Crippen LogP contribution in [0.3, 0.4) is 0 Å². The van der Waals surface area contributed by atoms with Gasteiger partial charge in [-0.25, -0.2) is 9.97 Å². The Morgan fingerprint density at radius 2 is 1.96 bits per heavy atom. The van der Waals surface area contributed by atoms with E-state index in [2.05, 4.69) is 18.7 Å². The molecule has 5 nitrogen and oxygen atoms in total. The molecular formula is C21H23ClN4OS. The van der Waals surface area contributed by atoms with E-state index in [0.29, 0.717) is 17.4 Å². The molecule has 146 valence electrons. The minimum absolute atomic E-state index is 0.244. The molecule has 1 amide bonds. The van der Waals surface area contributed by atoms with Crippen molar-refractivity contribution in [3.8, 4) is 10.7 Å². The number of nitrogens with zero attached hydrogens (tertiary/aromatic N) is 4. The lowest BCUT2D eigenvalue weighted by molar-refractivity contribution is -0.132. The number of fused-ring (bicyclic) bond motifs is 1. The first-order valence-corrected chi connectivity index (χ1v) is 10.8.